The number of hydrogen-bond donors (Lipinski definition) is 2. The SMILES string of the molecule is C#CCNC(=NCC(C)c1ccc(F)cc1F)NCC. The van der Waals surface area contributed by atoms with Gasteiger partial charge in [0.15, 0.2) is 5.96 Å². The van der Waals surface area contributed by atoms with E-state index in [2.05, 4.69) is 21.5 Å². The fourth-order valence-corrected chi connectivity index (χ4v) is 1.70. The van der Waals surface area contributed by atoms with Crippen LogP contribution >= 0.6 is 0 Å². The molecule has 1 aromatic carbocycles. The first-order valence-electron chi connectivity index (χ1n) is 6.49. The minimum absolute atomic E-state index is 0.156. The molecule has 3 nitrogen and oxygen atoms in total. The average molecular weight is 279 g/mol. The van der Waals surface area contributed by atoms with E-state index in [1.165, 1.54) is 12.1 Å². The molecule has 0 fully saturated rings. The highest BCUT2D eigenvalue weighted by Gasteiger charge is 2.11. The molecule has 2 N–H and O–H groups in total. The number of nitrogens with one attached hydrogen (secondary N) is 2. The second-order valence-corrected chi connectivity index (χ2v) is 4.34. The monoisotopic (exact) mass is 279 g/mol. The van der Waals surface area contributed by atoms with Gasteiger partial charge in [-0.05, 0) is 18.6 Å². The van der Waals surface area contributed by atoms with E-state index in [0.29, 0.717) is 31.2 Å². The minimum Gasteiger partial charge on any atom is -0.357 e. The summed E-state index contributed by atoms with van der Waals surface area (Å²) in [5.74, 6) is 1.76. The van der Waals surface area contributed by atoms with Crippen LogP contribution in [0.4, 0.5) is 8.78 Å². The lowest BCUT2D eigenvalue weighted by molar-refractivity contribution is 0.560. The van der Waals surface area contributed by atoms with Crippen molar-refractivity contribution in [1.82, 2.24) is 10.6 Å². The molecule has 0 saturated heterocycles. The number of aliphatic imine (C=N–C) groups is 1. The molecule has 0 amide bonds. The highest BCUT2D eigenvalue weighted by molar-refractivity contribution is 5.80. The minimum atomic E-state index is -0.578. The molecular formula is C15H19F2N3. The molecule has 0 aliphatic rings. The number of terminal acetylenes is 1. The topological polar surface area (TPSA) is 36.4 Å². The summed E-state index contributed by atoms with van der Waals surface area (Å²) in [5, 5.41) is 5.99. The molecule has 0 saturated carbocycles. The molecule has 0 spiro atoms. The zero-order valence-corrected chi connectivity index (χ0v) is 11.7. The summed E-state index contributed by atoms with van der Waals surface area (Å²) >= 11 is 0. The first kappa shape index (κ1) is 16.0. The van der Waals surface area contributed by atoms with Crippen molar-refractivity contribution in [2.45, 2.75) is 19.8 Å². The van der Waals surface area contributed by atoms with Crippen LogP contribution in [0.15, 0.2) is 23.2 Å². The maximum absolute atomic E-state index is 13.6. The van der Waals surface area contributed by atoms with Gasteiger partial charge in [0.05, 0.1) is 6.54 Å². The summed E-state index contributed by atoms with van der Waals surface area (Å²) in [5.41, 5.74) is 0.447. The lowest BCUT2D eigenvalue weighted by atomic mass is 10.0. The quantitative estimate of drug-likeness (QED) is 0.493. The second kappa shape index (κ2) is 8.16. The van der Waals surface area contributed by atoms with Crippen LogP contribution in [0.1, 0.15) is 25.3 Å². The van der Waals surface area contributed by atoms with Gasteiger partial charge in [-0.15, -0.1) is 6.42 Å². The molecule has 0 heterocycles. The number of rotatable bonds is 5. The Hall–Kier alpha value is -2.09. The van der Waals surface area contributed by atoms with E-state index in [1.54, 1.807) is 0 Å². The van der Waals surface area contributed by atoms with Gasteiger partial charge in [-0.1, -0.05) is 18.9 Å². The Balaban J connectivity index is 2.72. The third-order valence-corrected chi connectivity index (χ3v) is 2.72. The first-order valence-corrected chi connectivity index (χ1v) is 6.49. The Kier molecular flexibility index (Phi) is 6.51. The highest BCUT2D eigenvalue weighted by Crippen LogP contribution is 2.19. The molecular weight excluding hydrogens is 260 g/mol. The summed E-state index contributed by atoms with van der Waals surface area (Å²) in [6, 6.07) is 3.59. The van der Waals surface area contributed by atoms with E-state index in [1.807, 2.05) is 13.8 Å². The summed E-state index contributed by atoms with van der Waals surface area (Å²) in [7, 11) is 0. The molecule has 0 bridgehead atoms. The summed E-state index contributed by atoms with van der Waals surface area (Å²) in [4.78, 5) is 4.33. The van der Waals surface area contributed by atoms with Crippen LogP contribution in [-0.2, 0) is 0 Å². The molecule has 108 valence electrons. The van der Waals surface area contributed by atoms with E-state index in [0.717, 1.165) is 6.07 Å². The summed E-state index contributed by atoms with van der Waals surface area (Å²) in [6.45, 7) is 5.23. The van der Waals surface area contributed by atoms with E-state index < -0.39 is 11.6 Å². The van der Waals surface area contributed by atoms with E-state index in [-0.39, 0.29) is 5.92 Å². The zero-order valence-electron chi connectivity index (χ0n) is 11.7. The van der Waals surface area contributed by atoms with Gasteiger partial charge in [-0.2, -0.15) is 0 Å². The van der Waals surface area contributed by atoms with Crippen LogP contribution in [0.25, 0.3) is 0 Å². The summed E-state index contributed by atoms with van der Waals surface area (Å²) < 4.78 is 26.5. The maximum Gasteiger partial charge on any atom is 0.192 e. The normalized spacial score (nSPS) is 12.7. The maximum atomic E-state index is 13.6. The van der Waals surface area contributed by atoms with Crippen molar-refractivity contribution in [2.75, 3.05) is 19.6 Å². The lowest BCUT2D eigenvalue weighted by Gasteiger charge is -2.13. The van der Waals surface area contributed by atoms with Crippen LogP contribution in [0.5, 0.6) is 0 Å². The Morgan fingerprint density at radius 2 is 2.15 bits per heavy atom. The predicted octanol–water partition coefficient (Wildman–Crippen LogP) is 2.26. The molecule has 1 aromatic rings. The van der Waals surface area contributed by atoms with Crippen molar-refractivity contribution in [3.63, 3.8) is 0 Å². The van der Waals surface area contributed by atoms with Gasteiger partial charge in [-0.3, -0.25) is 4.99 Å². The zero-order chi connectivity index (χ0) is 15.0. The fourth-order valence-electron chi connectivity index (χ4n) is 1.70. The van der Waals surface area contributed by atoms with Crippen molar-refractivity contribution < 1.29 is 8.78 Å². The number of halogens is 2. The van der Waals surface area contributed by atoms with Gasteiger partial charge in [0, 0.05) is 25.1 Å². The van der Waals surface area contributed by atoms with Gasteiger partial charge in [0.2, 0.25) is 0 Å². The molecule has 20 heavy (non-hydrogen) atoms. The third kappa shape index (κ3) is 4.88. The van der Waals surface area contributed by atoms with Crippen LogP contribution in [0.3, 0.4) is 0 Å². The molecule has 0 aromatic heterocycles. The van der Waals surface area contributed by atoms with Crippen LogP contribution in [0, 0.1) is 24.0 Å². The third-order valence-electron chi connectivity index (χ3n) is 2.72. The molecule has 0 aliphatic carbocycles. The molecule has 0 radical (unpaired) electrons. The number of benzene rings is 1. The van der Waals surface area contributed by atoms with Crippen LogP contribution in [0.2, 0.25) is 0 Å². The average Bonchev–Trinajstić information content (AvgIpc) is 2.41. The number of guanidine groups is 1. The van der Waals surface area contributed by atoms with E-state index in [9.17, 15) is 8.78 Å². The largest absolute Gasteiger partial charge is 0.357 e. The Morgan fingerprint density at radius 3 is 2.75 bits per heavy atom. The van der Waals surface area contributed by atoms with Gasteiger partial charge in [-0.25, -0.2) is 8.78 Å². The van der Waals surface area contributed by atoms with Crippen molar-refractivity contribution in [1.29, 1.82) is 0 Å². The number of hydrogen-bond acceptors (Lipinski definition) is 1. The van der Waals surface area contributed by atoms with Crippen molar-refractivity contribution in [3.8, 4) is 12.3 Å². The lowest BCUT2D eigenvalue weighted by Crippen LogP contribution is -2.37. The van der Waals surface area contributed by atoms with Crippen molar-refractivity contribution in [3.05, 3.63) is 35.4 Å². The van der Waals surface area contributed by atoms with Gasteiger partial charge >= 0.3 is 0 Å². The van der Waals surface area contributed by atoms with E-state index >= 15 is 0 Å². The fraction of sp³-hybridized carbons (Fsp3) is 0.400. The Bertz CT molecular complexity index is 506. The predicted molar refractivity (Wildman–Crippen MR) is 77.6 cm³/mol. The van der Waals surface area contributed by atoms with Crippen molar-refractivity contribution in [2.24, 2.45) is 4.99 Å². The molecule has 1 rings (SSSR count). The Labute approximate surface area is 118 Å². The van der Waals surface area contributed by atoms with Gasteiger partial charge in [0.1, 0.15) is 11.6 Å². The van der Waals surface area contributed by atoms with Crippen LogP contribution in [-0.4, -0.2) is 25.6 Å². The molecule has 5 heteroatoms. The Morgan fingerprint density at radius 1 is 1.40 bits per heavy atom. The molecule has 1 unspecified atom stereocenters. The number of nitrogens with zero attached hydrogens (tertiary/aromatic N) is 1. The second-order valence-electron chi connectivity index (χ2n) is 4.34. The van der Waals surface area contributed by atoms with E-state index in [4.69, 9.17) is 6.42 Å². The highest BCUT2D eigenvalue weighted by atomic mass is 19.1. The molecule has 0 aliphatic heterocycles. The molecule has 1 atom stereocenters. The smallest absolute Gasteiger partial charge is 0.192 e. The first-order chi connectivity index (χ1) is 9.58. The van der Waals surface area contributed by atoms with Crippen LogP contribution < -0.4 is 10.6 Å². The van der Waals surface area contributed by atoms with Gasteiger partial charge < -0.3 is 10.6 Å². The standard InChI is InChI=1S/C15H19F2N3/c1-4-8-19-15(18-5-2)20-10-11(3)13-7-6-12(16)9-14(13)17/h1,6-7,9,11H,5,8,10H2,2-3H3,(H2,18,19,20). The van der Waals surface area contributed by atoms with Crippen molar-refractivity contribution >= 4 is 5.96 Å². The summed E-state index contributed by atoms with van der Waals surface area (Å²) in [6.07, 6.45) is 5.17. The van der Waals surface area contributed by atoms with Gasteiger partial charge in [0.25, 0.3) is 0 Å².